The van der Waals surface area contributed by atoms with E-state index in [9.17, 15) is 0 Å². The zero-order valence-electron chi connectivity index (χ0n) is 8.71. The molecule has 0 heterocycles. The van der Waals surface area contributed by atoms with Crippen molar-refractivity contribution in [2.75, 3.05) is 13.2 Å². The molecule has 2 unspecified atom stereocenters. The Balaban J connectivity index is 4.06. The highest BCUT2D eigenvalue weighted by Gasteiger charge is 2.27. The number of hydrogen-bond acceptors (Lipinski definition) is 3. The van der Waals surface area contributed by atoms with Crippen LogP contribution in [0.5, 0.6) is 0 Å². The minimum absolute atomic E-state index is 0.148. The average molecular weight is 187 g/mol. The van der Waals surface area contributed by atoms with E-state index >= 15 is 0 Å². The van der Waals surface area contributed by atoms with Crippen LogP contribution >= 0.6 is 0 Å². The minimum Gasteiger partial charge on any atom is -0.468 e. The van der Waals surface area contributed by atoms with E-state index in [0.29, 0.717) is 13.2 Å². The molecule has 3 nitrogen and oxygen atoms in total. The smallest absolute Gasteiger partial charge is 0.230 e. The molecule has 0 saturated carbocycles. The van der Waals surface area contributed by atoms with E-state index < -0.39 is 5.79 Å². The summed E-state index contributed by atoms with van der Waals surface area (Å²) in [7, 11) is 0. The van der Waals surface area contributed by atoms with E-state index in [1.807, 2.05) is 13.8 Å². The van der Waals surface area contributed by atoms with E-state index in [1.165, 1.54) is 6.26 Å². The highest BCUT2D eigenvalue weighted by Crippen LogP contribution is 2.15. The van der Waals surface area contributed by atoms with Crippen LogP contribution in [0.4, 0.5) is 0 Å². The van der Waals surface area contributed by atoms with E-state index in [1.54, 1.807) is 6.92 Å². The van der Waals surface area contributed by atoms with Crippen LogP contribution in [0.1, 0.15) is 20.8 Å². The molecule has 0 saturated heterocycles. The van der Waals surface area contributed by atoms with Crippen LogP contribution in [-0.4, -0.2) is 25.1 Å². The molecule has 2 atom stereocenters. The van der Waals surface area contributed by atoms with Crippen molar-refractivity contribution < 1.29 is 14.2 Å². The summed E-state index contributed by atoms with van der Waals surface area (Å²) in [6, 6.07) is 0. The first kappa shape index (κ1) is 12.5. The SMILES string of the molecule is [CH2]C(C)OC(C)(COCC)OC=C. The Bertz CT molecular complexity index is 145. The third-order valence-electron chi connectivity index (χ3n) is 1.35. The Morgan fingerprint density at radius 1 is 1.54 bits per heavy atom. The molecule has 3 heteroatoms. The van der Waals surface area contributed by atoms with Crippen molar-refractivity contribution in [3.05, 3.63) is 19.8 Å². The first-order chi connectivity index (χ1) is 6.04. The maximum Gasteiger partial charge on any atom is 0.230 e. The van der Waals surface area contributed by atoms with Gasteiger partial charge >= 0.3 is 0 Å². The summed E-state index contributed by atoms with van der Waals surface area (Å²) in [4.78, 5) is 0. The summed E-state index contributed by atoms with van der Waals surface area (Å²) >= 11 is 0. The Morgan fingerprint density at radius 2 is 2.15 bits per heavy atom. The molecule has 77 valence electrons. The molecule has 0 aliphatic carbocycles. The summed E-state index contributed by atoms with van der Waals surface area (Å²) in [5, 5.41) is 0. The van der Waals surface area contributed by atoms with Crippen LogP contribution in [0.2, 0.25) is 0 Å². The van der Waals surface area contributed by atoms with E-state index in [0.717, 1.165) is 0 Å². The molecular weight excluding hydrogens is 168 g/mol. The summed E-state index contributed by atoms with van der Waals surface area (Å²) < 4.78 is 15.9. The van der Waals surface area contributed by atoms with Crippen molar-refractivity contribution in [1.29, 1.82) is 0 Å². The van der Waals surface area contributed by atoms with Crippen molar-refractivity contribution in [2.45, 2.75) is 32.7 Å². The van der Waals surface area contributed by atoms with Gasteiger partial charge in [0.2, 0.25) is 5.79 Å². The maximum absolute atomic E-state index is 5.45. The standard InChI is InChI=1S/C10H19O3/c1-6-11-8-10(5,12-7-2)13-9(3)4/h7,9H,2-3,6,8H2,1,4-5H3. The summed E-state index contributed by atoms with van der Waals surface area (Å²) in [5.41, 5.74) is 0. The van der Waals surface area contributed by atoms with Gasteiger partial charge in [0.15, 0.2) is 0 Å². The van der Waals surface area contributed by atoms with Crippen LogP contribution in [0, 0.1) is 6.92 Å². The predicted molar refractivity (Wildman–Crippen MR) is 52.1 cm³/mol. The third kappa shape index (κ3) is 5.66. The highest BCUT2D eigenvalue weighted by molar-refractivity contribution is 4.69. The third-order valence-corrected chi connectivity index (χ3v) is 1.35. The first-order valence-corrected chi connectivity index (χ1v) is 4.41. The number of ether oxygens (including phenoxy) is 3. The van der Waals surface area contributed by atoms with Crippen LogP contribution in [-0.2, 0) is 14.2 Å². The maximum atomic E-state index is 5.45. The highest BCUT2D eigenvalue weighted by atomic mass is 16.7. The van der Waals surface area contributed by atoms with Gasteiger partial charge in [0, 0.05) is 13.5 Å². The molecule has 0 aromatic heterocycles. The second-order valence-electron chi connectivity index (χ2n) is 2.98. The van der Waals surface area contributed by atoms with Crippen molar-refractivity contribution in [1.82, 2.24) is 0 Å². The van der Waals surface area contributed by atoms with Gasteiger partial charge in [-0.1, -0.05) is 6.58 Å². The molecule has 0 aromatic carbocycles. The topological polar surface area (TPSA) is 27.7 Å². The Hall–Kier alpha value is -0.540. The normalized spacial score (nSPS) is 15.5. The van der Waals surface area contributed by atoms with Crippen LogP contribution in [0.25, 0.3) is 0 Å². The summed E-state index contributed by atoms with van der Waals surface area (Å²) in [6.45, 7) is 13.8. The lowest BCUT2D eigenvalue weighted by Gasteiger charge is -2.30. The molecule has 1 radical (unpaired) electrons. The fraction of sp³-hybridized carbons (Fsp3) is 0.700. The van der Waals surface area contributed by atoms with Gasteiger partial charge in [-0.2, -0.15) is 0 Å². The largest absolute Gasteiger partial charge is 0.468 e. The van der Waals surface area contributed by atoms with Crippen LogP contribution < -0.4 is 0 Å². The average Bonchev–Trinajstić information content (AvgIpc) is 2.00. The predicted octanol–water partition coefficient (Wildman–Crippen LogP) is 2.14. The zero-order valence-corrected chi connectivity index (χ0v) is 8.71. The molecule has 0 amide bonds. The lowest BCUT2D eigenvalue weighted by Crippen LogP contribution is -2.38. The van der Waals surface area contributed by atoms with Gasteiger partial charge in [-0.25, -0.2) is 0 Å². The van der Waals surface area contributed by atoms with Crippen molar-refractivity contribution in [3.63, 3.8) is 0 Å². The lowest BCUT2D eigenvalue weighted by atomic mass is 10.3. The van der Waals surface area contributed by atoms with Gasteiger partial charge in [-0.05, 0) is 20.8 Å². The minimum atomic E-state index is -0.779. The van der Waals surface area contributed by atoms with Crippen LogP contribution in [0.3, 0.4) is 0 Å². The van der Waals surface area contributed by atoms with Gasteiger partial charge in [0.05, 0.1) is 12.4 Å². The lowest BCUT2D eigenvalue weighted by molar-refractivity contribution is -0.235. The van der Waals surface area contributed by atoms with Gasteiger partial charge < -0.3 is 14.2 Å². The number of hydrogen-bond donors (Lipinski definition) is 0. The van der Waals surface area contributed by atoms with Crippen molar-refractivity contribution >= 4 is 0 Å². The Morgan fingerprint density at radius 3 is 2.54 bits per heavy atom. The second kappa shape index (κ2) is 6.00. The van der Waals surface area contributed by atoms with Gasteiger partial charge in [-0.3, -0.25) is 0 Å². The quantitative estimate of drug-likeness (QED) is 0.451. The molecular formula is C10H19O3. The van der Waals surface area contributed by atoms with Crippen molar-refractivity contribution in [3.8, 4) is 0 Å². The number of rotatable bonds is 7. The van der Waals surface area contributed by atoms with Gasteiger partial charge in [0.1, 0.15) is 6.61 Å². The molecule has 13 heavy (non-hydrogen) atoms. The fourth-order valence-electron chi connectivity index (χ4n) is 0.985. The molecule has 0 spiro atoms. The second-order valence-corrected chi connectivity index (χ2v) is 2.98. The summed E-state index contributed by atoms with van der Waals surface area (Å²) in [5.74, 6) is -0.779. The molecule has 0 fully saturated rings. The van der Waals surface area contributed by atoms with E-state index in [-0.39, 0.29) is 6.10 Å². The molecule has 0 aromatic rings. The molecule has 0 N–H and O–H groups in total. The molecule has 0 aliphatic heterocycles. The van der Waals surface area contributed by atoms with Gasteiger partial charge in [0.25, 0.3) is 0 Å². The molecule has 0 rings (SSSR count). The monoisotopic (exact) mass is 187 g/mol. The van der Waals surface area contributed by atoms with E-state index in [2.05, 4.69) is 13.5 Å². The van der Waals surface area contributed by atoms with Gasteiger partial charge in [-0.15, -0.1) is 0 Å². The fourth-order valence-corrected chi connectivity index (χ4v) is 0.985. The first-order valence-electron chi connectivity index (χ1n) is 4.41. The molecule has 0 aliphatic rings. The van der Waals surface area contributed by atoms with Crippen molar-refractivity contribution in [2.24, 2.45) is 0 Å². The Kier molecular flexibility index (Phi) is 5.75. The van der Waals surface area contributed by atoms with Crippen LogP contribution in [0.15, 0.2) is 12.8 Å². The summed E-state index contributed by atoms with van der Waals surface area (Å²) in [6.07, 6.45) is 1.20. The molecule has 0 bridgehead atoms. The Labute approximate surface area is 80.7 Å². The zero-order chi connectivity index (χ0) is 10.3. The van der Waals surface area contributed by atoms with E-state index in [4.69, 9.17) is 14.2 Å².